The standard InChI is InChI=1S/C27H32N2O9/c1-3-35-23(30)16-22(26(33)36-4-2)28-25(32)21(15-24(31)37-17-19-11-7-5-8-12-19)29-27(34)38-18-20-13-9-6-10-14-20/h5-14,21-22H,3-4,15-18H2,1-2H3,(H,28,32)(H,29,34)/t21-,22+/m0/s1. The molecule has 0 saturated heterocycles. The first-order valence-corrected chi connectivity index (χ1v) is 12.1. The Balaban J connectivity index is 2.10. The normalized spacial score (nSPS) is 11.8. The number of alkyl carbamates (subject to hydrolysis) is 1. The van der Waals surface area contributed by atoms with Gasteiger partial charge in [-0.25, -0.2) is 9.59 Å². The van der Waals surface area contributed by atoms with E-state index in [4.69, 9.17) is 18.9 Å². The average molecular weight is 529 g/mol. The highest BCUT2D eigenvalue weighted by Gasteiger charge is 2.31. The first-order chi connectivity index (χ1) is 18.3. The van der Waals surface area contributed by atoms with Crippen molar-refractivity contribution < 1.29 is 42.9 Å². The summed E-state index contributed by atoms with van der Waals surface area (Å²) < 4.78 is 20.2. The molecule has 204 valence electrons. The molecular formula is C27H32N2O9. The van der Waals surface area contributed by atoms with Crippen LogP contribution >= 0.6 is 0 Å². The first kappa shape index (κ1) is 29.8. The Labute approximate surface area is 220 Å². The predicted molar refractivity (Wildman–Crippen MR) is 134 cm³/mol. The van der Waals surface area contributed by atoms with E-state index in [-0.39, 0.29) is 26.4 Å². The fraction of sp³-hybridized carbons (Fsp3) is 0.370. The molecule has 0 radical (unpaired) electrons. The number of benzene rings is 2. The van der Waals surface area contributed by atoms with Crippen molar-refractivity contribution in [1.82, 2.24) is 10.6 Å². The summed E-state index contributed by atoms with van der Waals surface area (Å²) in [5, 5.41) is 4.69. The van der Waals surface area contributed by atoms with E-state index in [1.165, 1.54) is 0 Å². The minimum absolute atomic E-state index is 0.00727. The molecule has 0 saturated carbocycles. The molecule has 0 spiro atoms. The SMILES string of the molecule is CCOC(=O)C[C@@H](NC(=O)[C@H](CC(=O)OCc1ccccc1)NC(=O)OCc1ccccc1)C(=O)OCC. The summed E-state index contributed by atoms with van der Waals surface area (Å²) in [6, 6.07) is 14.9. The highest BCUT2D eigenvalue weighted by molar-refractivity contribution is 5.93. The van der Waals surface area contributed by atoms with Gasteiger partial charge in [-0.1, -0.05) is 60.7 Å². The van der Waals surface area contributed by atoms with E-state index in [1.54, 1.807) is 68.4 Å². The lowest BCUT2D eigenvalue weighted by Crippen LogP contribution is -2.53. The second-order valence-corrected chi connectivity index (χ2v) is 7.93. The first-order valence-electron chi connectivity index (χ1n) is 12.1. The van der Waals surface area contributed by atoms with E-state index in [0.717, 1.165) is 5.56 Å². The van der Waals surface area contributed by atoms with Crippen LogP contribution in [0.5, 0.6) is 0 Å². The third-order valence-corrected chi connectivity index (χ3v) is 5.00. The van der Waals surface area contributed by atoms with Crippen molar-refractivity contribution in [2.75, 3.05) is 13.2 Å². The fourth-order valence-corrected chi connectivity index (χ4v) is 3.18. The molecule has 2 rings (SSSR count). The lowest BCUT2D eigenvalue weighted by atomic mass is 10.1. The van der Waals surface area contributed by atoms with Crippen LogP contribution in [0, 0.1) is 0 Å². The van der Waals surface area contributed by atoms with E-state index in [0.29, 0.717) is 5.56 Å². The van der Waals surface area contributed by atoms with E-state index >= 15 is 0 Å². The summed E-state index contributed by atoms with van der Waals surface area (Å²) >= 11 is 0. The molecule has 2 amide bonds. The van der Waals surface area contributed by atoms with Crippen molar-refractivity contribution in [1.29, 1.82) is 0 Å². The maximum absolute atomic E-state index is 13.1. The molecule has 0 fully saturated rings. The van der Waals surface area contributed by atoms with Gasteiger partial charge in [-0.3, -0.25) is 14.4 Å². The zero-order valence-corrected chi connectivity index (χ0v) is 21.3. The summed E-state index contributed by atoms with van der Waals surface area (Å²) in [6.45, 7) is 3.13. The average Bonchev–Trinajstić information content (AvgIpc) is 2.91. The molecule has 0 unspecified atom stereocenters. The summed E-state index contributed by atoms with van der Waals surface area (Å²) in [5.41, 5.74) is 1.44. The minimum Gasteiger partial charge on any atom is -0.466 e. The zero-order valence-electron chi connectivity index (χ0n) is 21.3. The van der Waals surface area contributed by atoms with Gasteiger partial charge in [0.2, 0.25) is 5.91 Å². The molecule has 0 aromatic heterocycles. The van der Waals surface area contributed by atoms with Gasteiger partial charge in [0.1, 0.15) is 25.3 Å². The van der Waals surface area contributed by atoms with Gasteiger partial charge < -0.3 is 29.6 Å². The predicted octanol–water partition coefficient (Wildman–Crippen LogP) is 2.42. The van der Waals surface area contributed by atoms with Gasteiger partial charge in [0, 0.05) is 0 Å². The van der Waals surface area contributed by atoms with Crippen molar-refractivity contribution in [2.45, 2.75) is 52.0 Å². The molecule has 2 aromatic carbocycles. The molecule has 2 aromatic rings. The molecular weight excluding hydrogens is 496 g/mol. The van der Waals surface area contributed by atoms with Gasteiger partial charge >= 0.3 is 24.0 Å². The molecule has 11 nitrogen and oxygen atoms in total. The number of carbonyl (C=O) groups is 5. The smallest absolute Gasteiger partial charge is 0.408 e. The van der Waals surface area contributed by atoms with E-state index in [1.807, 2.05) is 6.07 Å². The fourth-order valence-electron chi connectivity index (χ4n) is 3.18. The third-order valence-electron chi connectivity index (χ3n) is 5.00. The number of nitrogens with one attached hydrogen (secondary N) is 2. The Morgan fingerprint density at radius 2 is 1.13 bits per heavy atom. The van der Waals surface area contributed by atoms with Crippen LogP contribution in [0.4, 0.5) is 4.79 Å². The number of rotatable bonds is 14. The molecule has 11 heteroatoms. The molecule has 0 aliphatic heterocycles. The molecule has 0 aliphatic rings. The summed E-state index contributed by atoms with van der Waals surface area (Å²) in [6.07, 6.45) is -2.03. The van der Waals surface area contributed by atoms with Gasteiger partial charge in [0.05, 0.1) is 26.1 Å². The van der Waals surface area contributed by atoms with Crippen molar-refractivity contribution in [3.05, 3.63) is 71.8 Å². The highest BCUT2D eigenvalue weighted by Crippen LogP contribution is 2.07. The van der Waals surface area contributed by atoms with Gasteiger partial charge in [0.25, 0.3) is 0 Å². The van der Waals surface area contributed by atoms with Crippen molar-refractivity contribution in [3.8, 4) is 0 Å². The van der Waals surface area contributed by atoms with Crippen molar-refractivity contribution >= 4 is 29.9 Å². The number of hydrogen-bond acceptors (Lipinski definition) is 9. The molecule has 2 N–H and O–H groups in total. The number of ether oxygens (including phenoxy) is 4. The maximum atomic E-state index is 13.1. The van der Waals surface area contributed by atoms with Crippen LogP contribution in [0.3, 0.4) is 0 Å². The molecule has 0 aliphatic carbocycles. The third kappa shape index (κ3) is 11.1. The Morgan fingerprint density at radius 3 is 1.68 bits per heavy atom. The van der Waals surface area contributed by atoms with Crippen LogP contribution in [0.2, 0.25) is 0 Å². The second kappa shape index (κ2) is 16.4. The quantitative estimate of drug-likeness (QED) is 0.279. The number of hydrogen-bond donors (Lipinski definition) is 2. The summed E-state index contributed by atoms with van der Waals surface area (Å²) in [4.78, 5) is 62.4. The van der Waals surface area contributed by atoms with Gasteiger partial charge in [-0.05, 0) is 25.0 Å². The maximum Gasteiger partial charge on any atom is 0.408 e. The summed E-state index contributed by atoms with van der Waals surface area (Å²) in [7, 11) is 0. The second-order valence-electron chi connectivity index (χ2n) is 7.93. The van der Waals surface area contributed by atoms with Crippen molar-refractivity contribution in [2.24, 2.45) is 0 Å². The molecule has 38 heavy (non-hydrogen) atoms. The number of esters is 3. The number of carbonyl (C=O) groups excluding carboxylic acids is 5. The van der Waals surface area contributed by atoms with Gasteiger partial charge in [-0.15, -0.1) is 0 Å². The largest absolute Gasteiger partial charge is 0.466 e. The van der Waals surface area contributed by atoms with Crippen LogP contribution in [0.25, 0.3) is 0 Å². The number of amides is 2. The highest BCUT2D eigenvalue weighted by atomic mass is 16.6. The molecule has 0 bridgehead atoms. The van der Waals surface area contributed by atoms with Crippen LogP contribution in [-0.4, -0.2) is 55.2 Å². The topological polar surface area (TPSA) is 146 Å². The van der Waals surface area contributed by atoms with Gasteiger partial charge in [0.15, 0.2) is 0 Å². The van der Waals surface area contributed by atoms with Crippen LogP contribution in [0.1, 0.15) is 37.8 Å². The minimum atomic E-state index is -1.47. The van der Waals surface area contributed by atoms with Gasteiger partial charge in [-0.2, -0.15) is 0 Å². The van der Waals surface area contributed by atoms with Crippen LogP contribution in [0.15, 0.2) is 60.7 Å². The van der Waals surface area contributed by atoms with Crippen LogP contribution in [-0.2, 0) is 51.3 Å². The lowest BCUT2D eigenvalue weighted by Gasteiger charge is -2.21. The Kier molecular flexibility index (Phi) is 12.8. The van der Waals surface area contributed by atoms with E-state index < -0.39 is 54.8 Å². The Morgan fingerprint density at radius 1 is 0.632 bits per heavy atom. The van der Waals surface area contributed by atoms with Crippen molar-refractivity contribution in [3.63, 3.8) is 0 Å². The zero-order chi connectivity index (χ0) is 27.8. The Hall–Kier alpha value is -4.41. The molecule has 2 atom stereocenters. The van der Waals surface area contributed by atoms with E-state index in [9.17, 15) is 24.0 Å². The summed E-state index contributed by atoms with van der Waals surface area (Å²) in [5.74, 6) is -3.30. The monoisotopic (exact) mass is 528 g/mol. The van der Waals surface area contributed by atoms with E-state index in [2.05, 4.69) is 10.6 Å². The van der Waals surface area contributed by atoms with Crippen LogP contribution < -0.4 is 10.6 Å². The molecule has 0 heterocycles. The lowest BCUT2D eigenvalue weighted by molar-refractivity contribution is -0.153. The Bertz CT molecular complexity index is 1000.